The van der Waals surface area contributed by atoms with E-state index in [4.69, 9.17) is 0 Å². The minimum absolute atomic E-state index is 0.0997. The molecule has 1 saturated heterocycles. The molecule has 1 aliphatic heterocycles. The quantitative estimate of drug-likeness (QED) is 0.442. The first-order valence-corrected chi connectivity index (χ1v) is 10.5. The first-order valence-electron chi connectivity index (χ1n) is 9.61. The summed E-state index contributed by atoms with van der Waals surface area (Å²) in [5.74, 6) is -0.714. The number of aliphatic hydroxyl groups excluding tert-OH is 2. The molecule has 2 rings (SSSR count). The molecule has 0 aromatic carbocycles. The number of rotatable bonds is 10. The summed E-state index contributed by atoms with van der Waals surface area (Å²) in [6.07, 6.45) is 4.82. The van der Waals surface area contributed by atoms with E-state index in [1.807, 2.05) is 13.8 Å². The van der Waals surface area contributed by atoms with Crippen molar-refractivity contribution >= 4 is 23.6 Å². The Bertz CT molecular complexity index is 637. The normalized spacial score (nSPS) is 22.0. The number of hydrogen-bond acceptors (Lipinski definition) is 6. The van der Waals surface area contributed by atoms with E-state index in [-0.39, 0.29) is 40.4 Å². The number of aliphatic hydroxyl groups is 2. The highest BCUT2D eigenvalue weighted by Gasteiger charge is 2.37. The smallest absolute Gasteiger partial charge is 0.272 e. The SMILES string of the molecule is CCCCNC(=O)c1ncn([C@H]2C[C@H](O)[C@@H](CO)S2)c1C(=O)NCCCC. The molecule has 1 fully saturated rings. The van der Waals surface area contributed by atoms with Crippen LogP contribution in [-0.2, 0) is 0 Å². The first kappa shape index (κ1) is 21.7. The second-order valence-corrected chi connectivity index (χ2v) is 8.10. The molecule has 4 N–H and O–H groups in total. The monoisotopic (exact) mass is 398 g/mol. The predicted molar refractivity (Wildman–Crippen MR) is 105 cm³/mol. The van der Waals surface area contributed by atoms with Gasteiger partial charge in [-0.1, -0.05) is 26.7 Å². The van der Waals surface area contributed by atoms with Crippen molar-refractivity contribution in [3.8, 4) is 0 Å². The maximum absolute atomic E-state index is 12.8. The predicted octanol–water partition coefficient (Wildman–Crippen LogP) is 1.30. The van der Waals surface area contributed by atoms with Crippen LogP contribution in [0.2, 0.25) is 0 Å². The molecule has 2 amide bonds. The van der Waals surface area contributed by atoms with Crippen LogP contribution in [0.15, 0.2) is 6.33 Å². The summed E-state index contributed by atoms with van der Waals surface area (Å²) in [5, 5.41) is 24.6. The second kappa shape index (κ2) is 10.7. The number of hydrogen-bond donors (Lipinski definition) is 4. The zero-order chi connectivity index (χ0) is 19.8. The third-order valence-electron chi connectivity index (χ3n) is 4.55. The molecule has 2 heterocycles. The molecule has 152 valence electrons. The van der Waals surface area contributed by atoms with Crippen LogP contribution in [0.25, 0.3) is 0 Å². The summed E-state index contributed by atoms with van der Waals surface area (Å²) in [6, 6.07) is 0. The molecule has 0 unspecified atom stereocenters. The lowest BCUT2D eigenvalue weighted by Crippen LogP contribution is -2.32. The van der Waals surface area contributed by atoms with Crippen molar-refractivity contribution in [3.63, 3.8) is 0 Å². The van der Waals surface area contributed by atoms with Gasteiger partial charge in [0.05, 0.1) is 29.7 Å². The van der Waals surface area contributed by atoms with Crippen molar-refractivity contribution in [3.05, 3.63) is 17.7 Å². The number of carbonyl (C=O) groups is 2. The molecule has 0 spiro atoms. The molecule has 0 saturated carbocycles. The van der Waals surface area contributed by atoms with Crippen molar-refractivity contribution in [2.75, 3.05) is 19.7 Å². The zero-order valence-corrected chi connectivity index (χ0v) is 16.8. The van der Waals surface area contributed by atoms with Crippen molar-refractivity contribution in [2.45, 2.75) is 62.7 Å². The fourth-order valence-corrected chi connectivity index (χ4v) is 4.33. The van der Waals surface area contributed by atoms with Gasteiger partial charge in [-0.25, -0.2) is 4.98 Å². The maximum atomic E-state index is 12.8. The topological polar surface area (TPSA) is 116 Å². The fourth-order valence-electron chi connectivity index (χ4n) is 2.95. The largest absolute Gasteiger partial charge is 0.395 e. The Balaban J connectivity index is 2.25. The van der Waals surface area contributed by atoms with E-state index in [0.717, 1.165) is 25.7 Å². The van der Waals surface area contributed by atoms with Gasteiger partial charge in [-0.3, -0.25) is 9.59 Å². The fraction of sp³-hybridized carbons (Fsp3) is 0.722. The zero-order valence-electron chi connectivity index (χ0n) is 16.0. The Morgan fingerprint density at radius 2 is 1.85 bits per heavy atom. The molecular formula is C18H30N4O4S. The number of aromatic nitrogens is 2. The van der Waals surface area contributed by atoms with Crippen LogP contribution in [-0.4, -0.2) is 62.6 Å². The van der Waals surface area contributed by atoms with Crippen molar-refractivity contribution in [1.29, 1.82) is 0 Å². The van der Waals surface area contributed by atoms with Crippen LogP contribution in [0.4, 0.5) is 0 Å². The van der Waals surface area contributed by atoms with Gasteiger partial charge in [0.15, 0.2) is 5.69 Å². The standard InChI is InChI=1S/C18H30N4O4S/c1-3-5-7-19-17(25)15-16(18(26)20-8-6-4-2)22(11-21-15)14-9-12(24)13(10-23)27-14/h11-14,23-24H,3-10H2,1-2H3,(H,19,25)(H,20,26)/t12-,13+,14+/m0/s1. The molecule has 1 aliphatic rings. The molecule has 3 atom stereocenters. The Hall–Kier alpha value is -1.58. The van der Waals surface area contributed by atoms with Crippen LogP contribution < -0.4 is 10.6 Å². The molecule has 0 aliphatic carbocycles. The number of thioether (sulfide) groups is 1. The number of nitrogens with zero attached hydrogens (tertiary/aromatic N) is 2. The van der Waals surface area contributed by atoms with E-state index < -0.39 is 6.10 Å². The second-order valence-electron chi connectivity index (χ2n) is 6.68. The van der Waals surface area contributed by atoms with E-state index in [0.29, 0.717) is 19.5 Å². The molecule has 0 radical (unpaired) electrons. The molecule has 0 bridgehead atoms. The van der Waals surface area contributed by atoms with Crippen molar-refractivity contribution in [1.82, 2.24) is 20.2 Å². The summed E-state index contributed by atoms with van der Waals surface area (Å²) in [7, 11) is 0. The lowest BCUT2D eigenvalue weighted by Gasteiger charge is -2.16. The van der Waals surface area contributed by atoms with Crippen molar-refractivity contribution in [2.24, 2.45) is 0 Å². The Labute approximate surface area is 164 Å². The molecule has 9 heteroatoms. The number of amides is 2. The van der Waals surface area contributed by atoms with Crippen LogP contribution in [0.1, 0.15) is 72.3 Å². The van der Waals surface area contributed by atoms with Gasteiger partial charge < -0.3 is 25.4 Å². The summed E-state index contributed by atoms with van der Waals surface area (Å²) in [6.45, 7) is 4.99. The highest BCUT2D eigenvalue weighted by molar-refractivity contribution is 8.00. The van der Waals surface area contributed by atoms with E-state index in [2.05, 4.69) is 15.6 Å². The first-order chi connectivity index (χ1) is 13.0. The third kappa shape index (κ3) is 5.46. The number of imidazole rings is 1. The van der Waals surface area contributed by atoms with E-state index >= 15 is 0 Å². The highest BCUT2D eigenvalue weighted by Crippen LogP contribution is 2.42. The molecule has 1 aromatic rings. The minimum Gasteiger partial charge on any atom is -0.395 e. The Morgan fingerprint density at radius 3 is 2.41 bits per heavy atom. The van der Waals surface area contributed by atoms with E-state index in [9.17, 15) is 19.8 Å². The average molecular weight is 399 g/mol. The number of carbonyl (C=O) groups excluding carboxylic acids is 2. The van der Waals surface area contributed by atoms with Crippen LogP contribution >= 0.6 is 11.8 Å². The number of unbranched alkanes of at least 4 members (excludes halogenated alkanes) is 2. The lowest BCUT2D eigenvalue weighted by molar-refractivity contribution is 0.0908. The van der Waals surface area contributed by atoms with E-state index in [1.165, 1.54) is 18.1 Å². The summed E-state index contributed by atoms with van der Waals surface area (Å²) < 4.78 is 1.65. The van der Waals surface area contributed by atoms with Gasteiger partial charge in [0.25, 0.3) is 11.8 Å². The third-order valence-corrected chi connectivity index (χ3v) is 6.10. The lowest BCUT2D eigenvalue weighted by atomic mass is 10.2. The van der Waals surface area contributed by atoms with Gasteiger partial charge in [-0.15, -0.1) is 11.8 Å². The molecule has 8 nitrogen and oxygen atoms in total. The van der Waals surface area contributed by atoms with Gasteiger partial charge in [0.1, 0.15) is 5.69 Å². The summed E-state index contributed by atoms with van der Waals surface area (Å²) >= 11 is 1.39. The minimum atomic E-state index is -0.662. The van der Waals surface area contributed by atoms with Gasteiger partial charge in [-0.2, -0.15) is 0 Å². The van der Waals surface area contributed by atoms with Gasteiger partial charge in [0.2, 0.25) is 0 Å². The Morgan fingerprint density at radius 1 is 1.22 bits per heavy atom. The van der Waals surface area contributed by atoms with Gasteiger partial charge in [0, 0.05) is 19.5 Å². The van der Waals surface area contributed by atoms with Crippen LogP contribution in [0.3, 0.4) is 0 Å². The van der Waals surface area contributed by atoms with Crippen molar-refractivity contribution < 1.29 is 19.8 Å². The Kier molecular flexibility index (Phi) is 8.59. The van der Waals surface area contributed by atoms with Gasteiger partial charge >= 0.3 is 0 Å². The average Bonchev–Trinajstić information content (AvgIpc) is 3.25. The van der Waals surface area contributed by atoms with E-state index in [1.54, 1.807) is 4.57 Å². The number of nitrogens with one attached hydrogen (secondary N) is 2. The molecular weight excluding hydrogens is 368 g/mol. The highest BCUT2D eigenvalue weighted by atomic mass is 32.2. The van der Waals surface area contributed by atoms with Crippen LogP contribution in [0, 0.1) is 0 Å². The molecule has 27 heavy (non-hydrogen) atoms. The van der Waals surface area contributed by atoms with Crippen LogP contribution in [0.5, 0.6) is 0 Å². The maximum Gasteiger partial charge on any atom is 0.272 e. The summed E-state index contributed by atoms with van der Waals surface area (Å²) in [4.78, 5) is 29.5. The van der Waals surface area contributed by atoms with Gasteiger partial charge in [-0.05, 0) is 12.8 Å². The summed E-state index contributed by atoms with van der Waals surface area (Å²) in [5.41, 5.74) is 0.311. The molecule has 1 aromatic heterocycles.